The van der Waals surface area contributed by atoms with Crippen LogP contribution in [0.5, 0.6) is 0 Å². The number of H-pyrrole nitrogens is 1. The summed E-state index contributed by atoms with van der Waals surface area (Å²) in [4.78, 5) is 10.7. The fourth-order valence-electron chi connectivity index (χ4n) is 4.59. The number of fused-ring (bicyclic) bond motifs is 3. The number of hydrogen-bond donors (Lipinski definition) is 2. The average molecular weight is 439 g/mol. The Hall–Kier alpha value is -3.41. The van der Waals surface area contributed by atoms with Gasteiger partial charge in [0.25, 0.3) is 0 Å². The molecule has 1 aliphatic rings. The van der Waals surface area contributed by atoms with Crippen molar-refractivity contribution in [1.82, 2.24) is 14.9 Å². The molecule has 33 heavy (non-hydrogen) atoms. The molecule has 2 aromatic heterocycles. The zero-order valence-corrected chi connectivity index (χ0v) is 19.0. The number of piperidine rings is 1. The van der Waals surface area contributed by atoms with Crippen molar-refractivity contribution in [2.75, 3.05) is 20.1 Å². The number of oxazole rings is 1. The number of benzene rings is 3. The van der Waals surface area contributed by atoms with Crippen molar-refractivity contribution in [3.63, 3.8) is 0 Å². The number of nitrogens with zero attached hydrogens (tertiary/aromatic N) is 2. The van der Waals surface area contributed by atoms with E-state index in [0.717, 1.165) is 35.3 Å². The van der Waals surface area contributed by atoms with Crippen molar-refractivity contribution in [3.05, 3.63) is 90.1 Å². The largest absolute Gasteiger partial charge is 0.436 e. The van der Waals surface area contributed by atoms with E-state index in [9.17, 15) is 0 Å². The van der Waals surface area contributed by atoms with Crippen LogP contribution in [0.25, 0.3) is 33.5 Å². The second kappa shape index (κ2) is 9.61. The molecule has 3 aromatic carbocycles. The molecule has 0 atom stereocenters. The van der Waals surface area contributed by atoms with Crippen LogP contribution in [0.15, 0.2) is 83.4 Å². The molecular formula is C28H30N4O. The van der Waals surface area contributed by atoms with Gasteiger partial charge in [-0.05, 0) is 74.3 Å². The Kier molecular flexibility index (Phi) is 6.24. The van der Waals surface area contributed by atoms with Crippen LogP contribution in [0.3, 0.4) is 0 Å². The summed E-state index contributed by atoms with van der Waals surface area (Å²) in [6, 6.07) is 24.2. The average Bonchev–Trinajstić information content (AvgIpc) is 3.50. The summed E-state index contributed by atoms with van der Waals surface area (Å²) in [5.41, 5.74) is 11.9. The Morgan fingerprint density at radius 3 is 2.33 bits per heavy atom. The van der Waals surface area contributed by atoms with Gasteiger partial charge in [-0.1, -0.05) is 48.5 Å². The van der Waals surface area contributed by atoms with Crippen LogP contribution in [0.1, 0.15) is 29.9 Å². The number of nitrogens with two attached hydrogens (primary N) is 1. The van der Waals surface area contributed by atoms with Crippen molar-refractivity contribution in [2.45, 2.75) is 25.3 Å². The third-order valence-corrected chi connectivity index (χ3v) is 6.49. The monoisotopic (exact) mass is 438 g/mol. The van der Waals surface area contributed by atoms with Crippen LogP contribution < -0.4 is 5.73 Å². The van der Waals surface area contributed by atoms with Crippen LogP contribution in [0.4, 0.5) is 0 Å². The van der Waals surface area contributed by atoms with Crippen LogP contribution >= 0.6 is 0 Å². The Labute approximate surface area is 194 Å². The summed E-state index contributed by atoms with van der Waals surface area (Å²) in [5.74, 6) is 1.28. The molecule has 5 heteroatoms. The fourth-order valence-corrected chi connectivity index (χ4v) is 4.59. The Bertz CT molecular complexity index is 1320. The van der Waals surface area contributed by atoms with Crippen molar-refractivity contribution >= 4 is 22.0 Å². The highest BCUT2D eigenvalue weighted by atomic mass is 16.3. The first-order chi connectivity index (χ1) is 16.2. The first-order valence-electron chi connectivity index (χ1n) is 11.6. The standard InChI is InChI=1S/C21H21N3O.C7H9N/c1-24-11-9-14(10-12-24)16-13-22-17-7-8-18-20(19(16)17)23-21(25-18)15-5-3-2-4-6-15;8-6-7-4-2-1-3-5-7/h2-8,13-14,22H,9-12H2,1H3;1-5H,6,8H2. The van der Waals surface area contributed by atoms with E-state index >= 15 is 0 Å². The first-order valence-corrected chi connectivity index (χ1v) is 11.6. The summed E-state index contributed by atoms with van der Waals surface area (Å²) in [7, 11) is 2.20. The van der Waals surface area contributed by atoms with E-state index in [1.807, 2.05) is 66.7 Å². The van der Waals surface area contributed by atoms with Crippen LogP contribution in [0.2, 0.25) is 0 Å². The van der Waals surface area contributed by atoms with E-state index < -0.39 is 0 Å². The second-order valence-corrected chi connectivity index (χ2v) is 8.73. The Morgan fingerprint density at radius 1 is 0.970 bits per heavy atom. The first kappa shape index (κ1) is 21.4. The summed E-state index contributed by atoms with van der Waals surface area (Å²) >= 11 is 0. The van der Waals surface area contributed by atoms with Crippen LogP contribution in [-0.2, 0) is 6.54 Å². The third kappa shape index (κ3) is 4.56. The zero-order valence-electron chi connectivity index (χ0n) is 19.0. The number of likely N-dealkylation sites (tertiary alicyclic amines) is 1. The van der Waals surface area contributed by atoms with Gasteiger partial charge in [0.05, 0.1) is 0 Å². The van der Waals surface area contributed by atoms with Gasteiger partial charge in [-0.3, -0.25) is 0 Å². The van der Waals surface area contributed by atoms with Gasteiger partial charge in [0.1, 0.15) is 5.52 Å². The predicted octanol–water partition coefficient (Wildman–Crippen LogP) is 5.93. The normalized spacial score (nSPS) is 15.0. The molecule has 1 saturated heterocycles. The van der Waals surface area contributed by atoms with Crippen molar-refractivity contribution in [1.29, 1.82) is 0 Å². The summed E-state index contributed by atoms with van der Waals surface area (Å²) < 4.78 is 6.06. The van der Waals surface area contributed by atoms with Gasteiger partial charge in [-0.2, -0.15) is 0 Å². The van der Waals surface area contributed by atoms with E-state index in [-0.39, 0.29) is 0 Å². The molecule has 0 radical (unpaired) electrons. The van der Waals surface area contributed by atoms with Gasteiger partial charge in [-0.15, -0.1) is 0 Å². The third-order valence-electron chi connectivity index (χ3n) is 6.49. The number of aromatic amines is 1. The Balaban J connectivity index is 0.000000243. The minimum atomic E-state index is 0.590. The maximum Gasteiger partial charge on any atom is 0.227 e. The lowest BCUT2D eigenvalue weighted by Gasteiger charge is -2.28. The molecule has 0 spiro atoms. The highest BCUT2D eigenvalue weighted by molar-refractivity contribution is 6.05. The topological polar surface area (TPSA) is 71.1 Å². The van der Waals surface area contributed by atoms with Crippen LogP contribution in [-0.4, -0.2) is 35.0 Å². The maximum atomic E-state index is 6.06. The van der Waals surface area contributed by atoms with E-state index in [4.69, 9.17) is 15.1 Å². The molecule has 0 bridgehead atoms. The van der Waals surface area contributed by atoms with Crippen molar-refractivity contribution in [2.24, 2.45) is 5.73 Å². The molecule has 6 rings (SSSR count). The van der Waals surface area contributed by atoms with Gasteiger partial charge in [0, 0.05) is 29.2 Å². The molecule has 1 aliphatic heterocycles. The zero-order chi connectivity index (χ0) is 22.6. The fraction of sp³-hybridized carbons (Fsp3) is 0.250. The molecule has 1 fully saturated rings. The minimum absolute atomic E-state index is 0.590. The molecule has 0 amide bonds. The molecule has 5 nitrogen and oxygen atoms in total. The summed E-state index contributed by atoms with van der Waals surface area (Å²) in [6.45, 7) is 2.95. The maximum absolute atomic E-state index is 6.06. The quantitative estimate of drug-likeness (QED) is 0.366. The number of hydrogen-bond acceptors (Lipinski definition) is 4. The SMILES string of the molecule is CN1CCC(c2c[nH]c3ccc4oc(-c5ccccc5)nc4c23)CC1.NCc1ccccc1. The molecular weight excluding hydrogens is 408 g/mol. The van der Waals surface area contributed by atoms with Crippen LogP contribution in [0, 0.1) is 0 Å². The highest BCUT2D eigenvalue weighted by Gasteiger charge is 2.23. The predicted molar refractivity (Wildman–Crippen MR) is 135 cm³/mol. The smallest absolute Gasteiger partial charge is 0.227 e. The number of rotatable bonds is 3. The highest BCUT2D eigenvalue weighted by Crippen LogP contribution is 2.37. The lowest BCUT2D eigenvalue weighted by molar-refractivity contribution is 0.256. The summed E-state index contributed by atoms with van der Waals surface area (Å²) in [6.07, 6.45) is 4.57. The molecule has 3 heterocycles. The van der Waals surface area contributed by atoms with Crippen molar-refractivity contribution in [3.8, 4) is 11.5 Å². The van der Waals surface area contributed by atoms with Gasteiger partial charge in [0.2, 0.25) is 5.89 Å². The van der Waals surface area contributed by atoms with Gasteiger partial charge < -0.3 is 20.0 Å². The molecule has 0 saturated carbocycles. The molecule has 3 N–H and O–H groups in total. The van der Waals surface area contributed by atoms with E-state index in [0.29, 0.717) is 18.4 Å². The molecule has 0 unspecified atom stereocenters. The van der Waals surface area contributed by atoms with Gasteiger partial charge >= 0.3 is 0 Å². The minimum Gasteiger partial charge on any atom is -0.436 e. The molecule has 0 aliphatic carbocycles. The lowest BCUT2D eigenvalue weighted by Crippen LogP contribution is -2.29. The van der Waals surface area contributed by atoms with Gasteiger partial charge in [-0.25, -0.2) is 4.98 Å². The molecule has 5 aromatic rings. The summed E-state index contributed by atoms with van der Waals surface area (Å²) in [5, 5.41) is 1.23. The number of nitrogens with one attached hydrogen (secondary N) is 1. The van der Waals surface area contributed by atoms with Gasteiger partial charge in [0.15, 0.2) is 5.58 Å². The van der Waals surface area contributed by atoms with E-state index in [1.165, 1.54) is 29.4 Å². The molecule has 168 valence electrons. The van der Waals surface area contributed by atoms with E-state index in [1.54, 1.807) is 0 Å². The number of aromatic nitrogens is 2. The van der Waals surface area contributed by atoms with E-state index in [2.05, 4.69) is 29.2 Å². The lowest BCUT2D eigenvalue weighted by atomic mass is 9.89. The Morgan fingerprint density at radius 2 is 1.67 bits per heavy atom. The second-order valence-electron chi connectivity index (χ2n) is 8.73. The van der Waals surface area contributed by atoms with Crippen molar-refractivity contribution < 1.29 is 4.42 Å².